The highest BCUT2D eigenvalue weighted by molar-refractivity contribution is 5.85. The summed E-state index contributed by atoms with van der Waals surface area (Å²) in [6.07, 6.45) is 3.33. The second-order valence-corrected chi connectivity index (χ2v) is 5.88. The van der Waals surface area contributed by atoms with Gasteiger partial charge in [0.1, 0.15) is 0 Å². The number of carbonyl (C=O) groups excluding carboxylic acids is 1. The van der Waals surface area contributed by atoms with Crippen molar-refractivity contribution >= 4 is 29.2 Å². The number of aromatic nitrogens is 2. The monoisotopic (exact) mass is 398 g/mol. The van der Waals surface area contributed by atoms with Gasteiger partial charge in [-0.2, -0.15) is 0 Å². The SMILES string of the molecule is CNCCCNC(=O)CCCn1cnc2cc(OC)c(OC)cc2c1=O.Cl. The van der Waals surface area contributed by atoms with Gasteiger partial charge in [-0.3, -0.25) is 14.2 Å². The van der Waals surface area contributed by atoms with Gasteiger partial charge in [0.25, 0.3) is 5.56 Å². The number of fused-ring (bicyclic) bond motifs is 1. The van der Waals surface area contributed by atoms with E-state index in [1.54, 1.807) is 12.1 Å². The Morgan fingerprint density at radius 1 is 1.15 bits per heavy atom. The third-order valence-corrected chi connectivity index (χ3v) is 4.06. The first-order valence-corrected chi connectivity index (χ1v) is 8.63. The Hall–Kier alpha value is -2.32. The quantitative estimate of drug-likeness (QED) is 0.586. The molecule has 0 atom stereocenters. The molecule has 0 bridgehead atoms. The van der Waals surface area contributed by atoms with Gasteiger partial charge in [0.15, 0.2) is 11.5 Å². The van der Waals surface area contributed by atoms with Crippen LogP contribution in [0.4, 0.5) is 0 Å². The Morgan fingerprint density at radius 3 is 2.52 bits per heavy atom. The molecule has 27 heavy (non-hydrogen) atoms. The van der Waals surface area contributed by atoms with Crippen molar-refractivity contribution in [2.24, 2.45) is 0 Å². The van der Waals surface area contributed by atoms with Gasteiger partial charge in [-0.05, 0) is 32.5 Å². The molecule has 0 aliphatic heterocycles. The van der Waals surface area contributed by atoms with Crippen molar-refractivity contribution in [2.75, 3.05) is 34.4 Å². The standard InChI is InChI=1S/C18H26N4O4.ClH/c1-19-7-5-8-20-17(23)6-4-9-22-12-21-14-11-16(26-3)15(25-2)10-13(14)18(22)24;/h10-12,19H,4-9H2,1-3H3,(H,20,23);1H. The Balaban J connectivity index is 0.00000364. The third kappa shape index (κ3) is 6.11. The molecule has 1 aromatic heterocycles. The summed E-state index contributed by atoms with van der Waals surface area (Å²) in [6, 6.07) is 3.31. The average molecular weight is 399 g/mol. The van der Waals surface area contributed by atoms with Crippen LogP contribution in [0.15, 0.2) is 23.3 Å². The predicted molar refractivity (Wildman–Crippen MR) is 107 cm³/mol. The van der Waals surface area contributed by atoms with E-state index in [0.717, 1.165) is 13.0 Å². The van der Waals surface area contributed by atoms with Crippen LogP contribution >= 0.6 is 12.4 Å². The summed E-state index contributed by atoms with van der Waals surface area (Å²) in [7, 11) is 4.94. The smallest absolute Gasteiger partial charge is 0.261 e. The van der Waals surface area contributed by atoms with Crippen LogP contribution in [-0.4, -0.2) is 49.8 Å². The van der Waals surface area contributed by atoms with Crippen LogP contribution in [0.1, 0.15) is 19.3 Å². The number of amides is 1. The van der Waals surface area contributed by atoms with Crippen molar-refractivity contribution in [1.82, 2.24) is 20.2 Å². The Labute approximate surface area is 164 Å². The molecule has 0 fully saturated rings. The molecule has 1 amide bonds. The lowest BCUT2D eigenvalue weighted by atomic mass is 10.2. The molecular weight excluding hydrogens is 372 g/mol. The molecule has 150 valence electrons. The summed E-state index contributed by atoms with van der Waals surface area (Å²) in [4.78, 5) is 28.7. The van der Waals surface area contributed by atoms with Crippen LogP contribution in [0.3, 0.4) is 0 Å². The Morgan fingerprint density at radius 2 is 1.85 bits per heavy atom. The van der Waals surface area contributed by atoms with E-state index in [0.29, 0.717) is 48.3 Å². The second-order valence-electron chi connectivity index (χ2n) is 5.88. The molecule has 0 saturated heterocycles. The van der Waals surface area contributed by atoms with E-state index in [-0.39, 0.29) is 23.9 Å². The lowest BCUT2D eigenvalue weighted by Crippen LogP contribution is -2.27. The van der Waals surface area contributed by atoms with Gasteiger partial charge in [0, 0.05) is 25.6 Å². The number of benzene rings is 1. The van der Waals surface area contributed by atoms with Crippen LogP contribution < -0.4 is 25.7 Å². The molecular formula is C18H27ClN4O4. The highest BCUT2D eigenvalue weighted by atomic mass is 35.5. The minimum Gasteiger partial charge on any atom is -0.493 e. The zero-order valence-electron chi connectivity index (χ0n) is 15.9. The number of aryl methyl sites for hydroxylation is 1. The highest BCUT2D eigenvalue weighted by Gasteiger charge is 2.11. The molecule has 2 aromatic rings. The zero-order valence-corrected chi connectivity index (χ0v) is 16.7. The fourth-order valence-corrected chi connectivity index (χ4v) is 2.64. The van der Waals surface area contributed by atoms with E-state index in [1.165, 1.54) is 25.1 Å². The normalized spacial score (nSPS) is 10.3. The summed E-state index contributed by atoms with van der Waals surface area (Å²) in [6.45, 7) is 1.95. The lowest BCUT2D eigenvalue weighted by molar-refractivity contribution is -0.121. The Bertz CT molecular complexity index is 810. The number of nitrogens with zero attached hydrogens (tertiary/aromatic N) is 2. The van der Waals surface area contributed by atoms with Gasteiger partial charge in [0.05, 0.1) is 31.4 Å². The number of carbonyl (C=O) groups is 1. The fourth-order valence-electron chi connectivity index (χ4n) is 2.64. The van der Waals surface area contributed by atoms with Crippen LogP contribution in [0.5, 0.6) is 11.5 Å². The van der Waals surface area contributed by atoms with Crippen LogP contribution in [-0.2, 0) is 11.3 Å². The van der Waals surface area contributed by atoms with E-state index >= 15 is 0 Å². The van der Waals surface area contributed by atoms with Crippen molar-refractivity contribution in [2.45, 2.75) is 25.8 Å². The maximum Gasteiger partial charge on any atom is 0.261 e. The van der Waals surface area contributed by atoms with Gasteiger partial charge < -0.3 is 20.1 Å². The van der Waals surface area contributed by atoms with E-state index in [4.69, 9.17) is 9.47 Å². The molecule has 0 unspecified atom stereocenters. The summed E-state index contributed by atoms with van der Waals surface area (Å²) < 4.78 is 12.0. The highest BCUT2D eigenvalue weighted by Crippen LogP contribution is 2.29. The van der Waals surface area contributed by atoms with Crippen LogP contribution in [0, 0.1) is 0 Å². The van der Waals surface area contributed by atoms with Gasteiger partial charge in [-0.25, -0.2) is 4.98 Å². The minimum absolute atomic E-state index is 0. The molecule has 0 spiro atoms. The summed E-state index contributed by atoms with van der Waals surface area (Å²) in [5, 5.41) is 6.35. The first-order chi connectivity index (χ1) is 12.6. The van der Waals surface area contributed by atoms with Gasteiger partial charge in [-0.15, -0.1) is 12.4 Å². The average Bonchev–Trinajstić information content (AvgIpc) is 2.66. The first-order valence-electron chi connectivity index (χ1n) is 8.63. The molecule has 0 aliphatic rings. The number of rotatable bonds is 10. The maximum absolute atomic E-state index is 12.6. The number of hydrogen-bond acceptors (Lipinski definition) is 6. The van der Waals surface area contributed by atoms with E-state index < -0.39 is 0 Å². The fraction of sp³-hybridized carbons (Fsp3) is 0.500. The molecule has 2 rings (SSSR count). The second kappa shape index (κ2) is 11.4. The van der Waals surface area contributed by atoms with Crippen LogP contribution in [0.2, 0.25) is 0 Å². The van der Waals surface area contributed by atoms with E-state index in [2.05, 4.69) is 15.6 Å². The van der Waals surface area contributed by atoms with Crippen molar-refractivity contribution < 1.29 is 14.3 Å². The lowest BCUT2D eigenvalue weighted by Gasteiger charge is -2.10. The Kier molecular flexibility index (Phi) is 9.60. The topological polar surface area (TPSA) is 94.5 Å². The van der Waals surface area contributed by atoms with Gasteiger partial charge in [0.2, 0.25) is 5.91 Å². The maximum atomic E-state index is 12.6. The number of nitrogens with one attached hydrogen (secondary N) is 2. The summed E-state index contributed by atoms with van der Waals surface area (Å²) in [5.74, 6) is 1.01. The molecule has 1 heterocycles. The van der Waals surface area contributed by atoms with Gasteiger partial charge >= 0.3 is 0 Å². The largest absolute Gasteiger partial charge is 0.493 e. The van der Waals surface area contributed by atoms with Crippen molar-refractivity contribution in [3.8, 4) is 11.5 Å². The minimum atomic E-state index is -0.162. The molecule has 2 N–H and O–H groups in total. The van der Waals surface area contributed by atoms with Gasteiger partial charge in [-0.1, -0.05) is 0 Å². The number of ether oxygens (including phenoxy) is 2. The molecule has 1 aromatic carbocycles. The number of halogens is 1. The van der Waals surface area contributed by atoms with E-state index in [1.807, 2.05) is 7.05 Å². The third-order valence-electron chi connectivity index (χ3n) is 4.06. The predicted octanol–water partition coefficient (Wildman–Crippen LogP) is 1.34. The summed E-state index contributed by atoms with van der Waals surface area (Å²) >= 11 is 0. The van der Waals surface area contributed by atoms with Crippen molar-refractivity contribution in [3.05, 3.63) is 28.8 Å². The molecule has 8 nitrogen and oxygen atoms in total. The molecule has 9 heteroatoms. The number of methoxy groups -OCH3 is 2. The first kappa shape index (κ1) is 22.7. The zero-order chi connectivity index (χ0) is 18.9. The molecule has 0 saturated carbocycles. The molecule has 0 aliphatic carbocycles. The van der Waals surface area contributed by atoms with Crippen molar-refractivity contribution in [3.63, 3.8) is 0 Å². The number of hydrogen-bond donors (Lipinski definition) is 2. The van der Waals surface area contributed by atoms with E-state index in [9.17, 15) is 9.59 Å². The van der Waals surface area contributed by atoms with Crippen LogP contribution in [0.25, 0.3) is 10.9 Å². The molecule has 0 radical (unpaired) electrons. The summed E-state index contributed by atoms with van der Waals surface area (Å²) in [5.41, 5.74) is 0.386. The van der Waals surface area contributed by atoms with Crippen molar-refractivity contribution in [1.29, 1.82) is 0 Å².